The number of amides is 1. The summed E-state index contributed by atoms with van der Waals surface area (Å²) in [6.07, 6.45) is 6.94. The lowest BCUT2D eigenvalue weighted by Crippen LogP contribution is -2.28. The van der Waals surface area contributed by atoms with Gasteiger partial charge >= 0.3 is 0 Å². The average molecular weight is 296 g/mol. The van der Waals surface area contributed by atoms with Crippen LogP contribution >= 0.6 is 0 Å². The molecular weight excluding hydrogens is 272 g/mol. The summed E-state index contributed by atoms with van der Waals surface area (Å²) in [5.41, 5.74) is 3.79. The average Bonchev–Trinajstić information content (AvgIpc) is 2.55. The number of benzene rings is 1. The van der Waals surface area contributed by atoms with Crippen LogP contribution in [0.15, 0.2) is 48.8 Å². The third kappa shape index (κ3) is 5.32. The molecule has 0 aliphatic rings. The monoisotopic (exact) mass is 296 g/mol. The van der Waals surface area contributed by atoms with Gasteiger partial charge in [0.2, 0.25) is 5.91 Å². The summed E-state index contributed by atoms with van der Waals surface area (Å²) in [7, 11) is 1.88. The molecule has 0 unspecified atom stereocenters. The summed E-state index contributed by atoms with van der Waals surface area (Å²) < 4.78 is 0. The minimum Gasteiger partial charge on any atom is -0.345 e. The molecule has 1 aromatic carbocycles. The Bertz CT molecular complexity index is 578. The van der Waals surface area contributed by atoms with E-state index in [1.807, 2.05) is 24.1 Å². The summed E-state index contributed by atoms with van der Waals surface area (Å²) in [5.74, 6) is 0.223. The zero-order valence-electron chi connectivity index (χ0n) is 13.5. The summed E-state index contributed by atoms with van der Waals surface area (Å²) in [6.45, 7) is 2.85. The van der Waals surface area contributed by atoms with E-state index in [4.69, 9.17) is 0 Å². The van der Waals surface area contributed by atoms with Gasteiger partial charge in [0.1, 0.15) is 0 Å². The van der Waals surface area contributed by atoms with Crippen LogP contribution in [0.25, 0.3) is 0 Å². The molecule has 116 valence electrons. The quantitative estimate of drug-likeness (QED) is 0.784. The molecule has 0 fully saturated rings. The van der Waals surface area contributed by atoms with E-state index in [1.165, 1.54) is 16.7 Å². The fraction of sp³-hybridized carbons (Fsp3) is 0.368. The number of carbonyl (C=O) groups is 1. The van der Waals surface area contributed by atoms with Crippen LogP contribution in [0.2, 0.25) is 0 Å². The first kappa shape index (κ1) is 16.2. The SMILES string of the molecule is Cc1ccc(CCCC(=O)N(C)CCc2ccncc2)cc1. The van der Waals surface area contributed by atoms with Gasteiger partial charge < -0.3 is 4.90 Å². The molecule has 1 amide bonds. The van der Waals surface area contributed by atoms with Gasteiger partial charge in [0.05, 0.1) is 0 Å². The molecule has 0 radical (unpaired) electrons. The van der Waals surface area contributed by atoms with Crippen molar-refractivity contribution < 1.29 is 4.79 Å². The van der Waals surface area contributed by atoms with E-state index in [-0.39, 0.29) is 5.91 Å². The summed E-state index contributed by atoms with van der Waals surface area (Å²) in [4.78, 5) is 18.0. The molecule has 0 aliphatic heterocycles. The van der Waals surface area contributed by atoms with E-state index in [1.54, 1.807) is 12.4 Å². The molecule has 1 heterocycles. The topological polar surface area (TPSA) is 33.2 Å². The second kappa shape index (κ2) is 8.32. The first-order valence-corrected chi connectivity index (χ1v) is 7.83. The number of rotatable bonds is 7. The smallest absolute Gasteiger partial charge is 0.222 e. The lowest BCUT2D eigenvalue weighted by Gasteiger charge is -2.17. The van der Waals surface area contributed by atoms with Gasteiger partial charge in [-0.15, -0.1) is 0 Å². The van der Waals surface area contributed by atoms with Crippen molar-refractivity contribution in [1.29, 1.82) is 0 Å². The Labute approximate surface area is 133 Å². The van der Waals surface area contributed by atoms with Crippen LogP contribution < -0.4 is 0 Å². The normalized spacial score (nSPS) is 10.5. The van der Waals surface area contributed by atoms with Crippen molar-refractivity contribution in [3.05, 3.63) is 65.5 Å². The fourth-order valence-electron chi connectivity index (χ4n) is 2.36. The lowest BCUT2D eigenvalue weighted by atomic mass is 10.1. The van der Waals surface area contributed by atoms with E-state index in [2.05, 4.69) is 36.2 Å². The highest BCUT2D eigenvalue weighted by Crippen LogP contribution is 2.08. The third-order valence-corrected chi connectivity index (χ3v) is 3.89. The van der Waals surface area contributed by atoms with Crippen LogP contribution in [0, 0.1) is 6.92 Å². The maximum Gasteiger partial charge on any atom is 0.222 e. The highest BCUT2D eigenvalue weighted by atomic mass is 16.2. The zero-order valence-corrected chi connectivity index (χ0v) is 13.5. The number of pyridine rings is 1. The maximum atomic E-state index is 12.1. The van der Waals surface area contributed by atoms with Gasteiger partial charge in [-0.05, 0) is 49.4 Å². The Kier molecular flexibility index (Phi) is 6.13. The molecule has 2 rings (SSSR count). The van der Waals surface area contributed by atoms with Crippen molar-refractivity contribution in [2.45, 2.75) is 32.6 Å². The second-order valence-corrected chi connectivity index (χ2v) is 5.76. The summed E-state index contributed by atoms with van der Waals surface area (Å²) >= 11 is 0. The molecule has 0 atom stereocenters. The Morgan fingerprint density at radius 3 is 2.32 bits per heavy atom. The molecule has 0 saturated carbocycles. The van der Waals surface area contributed by atoms with Crippen molar-refractivity contribution in [1.82, 2.24) is 9.88 Å². The highest BCUT2D eigenvalue weighted by Gasteiger charge is 2.08. The van der Waals surface area contributed by atoms with Crippen LogP contribution in [0.1, 0.15) is 29.5 Å². The van der Waals surface area contributed by atoms with E-state index in [0.29, 0.717) is 6.42 Å². The second-order valence-electron chi connectivity index (χ2n) is 5.76. The van der Waals surface area contributed by atoms with Gasteiger partial charge in [0.15, 0.2) is 0 Å². The number of aromatic nitrogens is 1. The van der Waals surface area contributed by atoms with Crippen molar-refractivity contribution in [2.24, 2.45) is 0 Å². The standard InChI is InChI=1S/C19H24N2O/c1-16-6-8-17(9-7-16)4-3-5-19(22)21(2)15-12-18-10-13-20-14-11-18/h6-11,13-14H,3-5,12,15H2,1-2H3. The minimum atomic E-state index is 0.223. The maximum absolute atomic E-state index is 12.1. The number of hydrogen-bond acceptors (Lipinski definition) is 2. The molecule has 3 nitrogen and oxygen atoms in total. The van der Waals surface area contributed by atoms with Crippen molar-refractivity contribution in [3.63, 3.8) is 0 Å². The largest absolute Gasteiger partial charge is 0.345 e. The van der Waals surface area contributed by atoms with Gasteiger partial charge in [0.25, 0.3) is 0 Å². The van der Waals surface area contributed by atoms with Gasteiger partial charge in [0, 0.05) is 32.4 Å². The molecule has 3 heteroatoms. The first-order valence-electron chi connectivity index (χ1n) is 7.83. The molecule has 2 aromatic rings. The van der Waals surface area contributed by atoms with E-state index < -0.39 is 0 Å². The lowest BCUT2D eigenvalue weighted by molar-refractivity contribution is -0.129. The Hall–Kier alpha value is -2.16. The fourth-order valence-corrected chi connectivity index (χ4v) is 2.36. The van der Waals surface area contributed by atoms with Crippen molar-refractivity contribution in [3.8, 4) is 0 Å². The summed E-state index contributed by atoms with van der Waals surface area (Å²) in [5, 5.41) is 0. The molecular formula is C19H24N2O. The predicted octanol–water partition coefficient (Wildman–Crippen LogP) is 3.41. The molecule has 0 spiro atoms. The van der Waals surface area contributed by atoms with E-state index in [9.17, 15) is 4.79 Å². The van der Waals surface area contributed by atoms with E-state index in [0.717, 1.165) is 25.8 Å². The van der Waals surface area contributed by atoms with Crippen molar-refractivity contribution in [2.75, 3.05) is 13.6 Å². The Balaban J connectivity index is 1.69. The molecule has 0 N–H and O–H groups in total. The van der Waals surface area contributed by atoms with Crippen LogP contribution in [-0.4, -0.2) is 29.4 Å². The third-order valence-electron chi connectivity index (χ3n) is 3.89. The number of likely N-dealkylation sites (N-methyl/N-ethyl adjacent to an activating group) is 1. The Morgan fingerprint density at radius 2 is 1.64 bits per heavy atom. The highest BCUT2D eigenvalue weighted by molar-refractivity contribution is 5.75. The number of nitrogens with zero attached hydrogens (tertiary/aromatic N) is 2. The number of aryl methyl sites for hydroxylation is 2. The zero-order chi connectivity index (χ0) is 15.8. The molecule has 1 aromatic heterocycles. The van der Waals surface area contributed by atoms with Crippen molar-refractivity contribution >= 4 is 5.91 Å². The van der Waals surface area contributed by atoms with Crippen LogP contribution in [-0.2, 0) is 17.6 Å². The number of hydrogen-bond donors (Lipinski definition) is 0. The summed E-state index contributed by atoms with van der Waals surface area (Å²) in [6, 6.07) is 12.5. The molecule has 0 saturated heterocycles. The van der Waals surface area contributed by atoms with Crippen LogP contribution in [0.5, 0.6) is 0 Å². The number of carbonyl (C=O) groups excluding carboxylic acids is 1. The molecule has 0 bridgehead atoms. The van der Waals surface area contributed by atoms with Gasteiger partial charge in [-0.25, -0.2) is 0 Å². The molecule has 22 heavy (non-hydrogen) atoms. The van der Waals surface area contributed by atoms with Gasteiger partial charge in [-0.2, -0.15) is 0 Å². The van der Waals surface area contributed by atoms with Crippen LogP contribution in [0.3, 0.4) is 0 Å². The molecule has 0 aliphatic carbocycles. The van der Waals surface area contributed by atoms with E-state index >= 15 is 0 Å². The van der Waals surface area contributed by atoms with Gasteiger partial charge in [-0.3, -0.25) is 9.78 Å². The van der Waals surface area contributed by atoms with Crippen LogP contribution in [0.4, 0.5) is 0 Å². The minimum absolute atomic E-state index is 0.223. The Morgan fingerprint density at radius 1 is 1.00 bits per heavy atom. The predicted molar refractivity (Wildman–Crippen MR) is 89.7 cm³/mol. The first-order chi connectivity index (χ1) is 10.6. The van der Waals surface area contributed by atoms with Gasteiger partial charge in [-0.1, -0.05) is 29.8 Å².